The number of thiophene rings is 1. The van der Waals surface area contributed by atoms with Crippen LogP contribution >= 0.6 is 22.9 Å². The van der Waals surface area contributed by atoms with Gasteiger partial charge in [0.2, 0.25) is 5.91 Å². The number of nitrogens with one attached hydrogen (secondary N) is 1. The average Bonchev–Trinajstić information content (AvgIpc) is 2.75. The van der Waals surface area contributed by atoms with Crippen LogP contribution in [0.2, 0.25) is 4.34 Å². The first-order chi connectivity index (χ1) is 8.69. The topological polar surface area (TPSA) is 38.3 Å². The lowest BCUT2D eigenvalue weighted by Gasteiger charge is -2.09. The van der Waals surface area contributed by atoms with E-state index in [0.29, 0.717) is 22.2 Å². The monoisotopic (exact) mass is 281 g/mol. The maximum atomic E-state index is 11.9. The van der Waals surface area contributed by atoms with Gasteiger partial charge in [0, 0.05) is 4.88 Å². The Labute approximate surface area is 114 Å². The minimum atomic E-state index is -0.0852. The number of hydrogen-bond acceptors (Lipinski definition) is 3. The van der Waals surface area contributed by atoms with E-state index >= 15 is 0 Å². The fourth-order valence-corrected chi connectivity index (χ4v) is 2.63. The Kier molecular flexibility index (Phi) is 4.23. The highest BCUT2D eigenvalue weighted by Gasteiger charge is 2.09. The summed E-state index contributed by atoms with van der Waals surface area (Å²) in [6, 6.07) is 11.0. The number of para-hydroxylation sites is 2. The smallest absolute Gasteiger partial charge is 0.229 e. The van der Waals surface area contributed by atoms with Gasteiger partial charge in [-0.2, -0.15) is 0 Å². The lowest BCUT2D eigenvalue weighted by Crippen LogP contribution is -2.14. The highest BCUT2D eigenvalue weighted by Crippen LogP contribution is 2.25. The van der Waals surface area contributed by atoms with Crippen LogP contribution in [0, 0.1) is 0 Å². The summed E-state index contributed by atoms with van der Waals surface area (Å²) in [5.41, 5.74) is 0.674. The fourth-order valence-electron chi connectivity index (χ4n) is 1.55. The molecule has 5 heteroatoms. The molecule has 0 aliphatic heterocycles. The van der Waals surface area contributed by atoms with E-state index in [4.69, 9.17) is 16.3 Å². The third-order valence-corrected chi connectivity index (χ3v) is 3.58. The second-order valence-electron chi connectivity index (χ2n) is 3.63. The Hall–Kier alpha value is -1.52. The van der Waals surface area contributed by atoms with Crippen LogP contribution in [0.15, 0.2) is 36.4 Å². The largest absolute Gasteiger partial charge is 0.495 e. The third kappa shape index (κ3) is 3.24. The molecule has 0 atom stereocenters. The summed E-state index contributed by atoms with van der Waals surface area (Å²) in [5.74, 6) is 0.563. The van der Waals surface area contributed by atoms with Gasteiger partial charge in [0.05, 0.1) is 23.6 Å². The first kappa shape index (κ1) is 12.9. The molecule has 2 rings (SSSR count). The van der Waals surface area contributed by atoms with Gasteiger partial charge in [-0.3, -0.25) is 4.79 Å². The summed E-state index contributed by atoms with van der Waals surface area (Å²) in [7, 11) is 1.57. The van der Waals surface area contributed by atoms with E-state index in [1.54, 1.807) is 25.3 Å². The van der Waals surface area contributed by atoms with Crippen molar-refractivity contribution < 1.29 is 9.53 Å². The van der Waals surface area contributed by atoms with Crippen molar-refractivity contribution in [1.82, 2.24) is 0 Å². The van der Waals surface area contributed by atoms with Gasteiger partial charge in [-0.05, 0) is 24.3 Å². The first-order valence-corrected chi connectivity index (χ1v) is 6.55. The van der Waals surface area contributed by atoms with Crippen LogP contribution in [0.3, 0.4) is 0 Å². The minimum Gasteiger partial charge on any atom is -0.495 e. The predicted molar refractivity (Wildman–Crippen MR) is 74.7 cm³/mol. The van der Waals surface area contributed by atoms with Crippen LogP contribution < -0.4 is 10.1 Å². The van der Waals surface area contributed by atoms with Crippen LogP contribution in [-0.4, -0.2) is 13.0 Å². The number of halogens is 1. The van der Waals surface area contributed by atoms with Crippen molar-refractivity contribution in [3.05, 3.63) is 45.6 Å². The summed E-state index contributed by atoms with van der Waals surface area (Å²) in [6.07, 6.45) is 0.315. The molecule has 1 amide bonds. The van der Waals surface area contributed by atoms with Gasteiger partial charge in [0.25, 0.3) is 0 Å². The molecule has 1 N–H and O–H groups in total. The van der Waals surface area contributed by atoms with Crippen LogP contribution in [0.5, 0.6) is 5.75 Å². The maximum absolute atomic E-state index is 11.9. The van der Waals surface area contributed by atoms with E-state index in [2.05, 4.69) is 5.32 Å². The molecule has 0 radical (unpaired) electrons. The molecule has 0 fully saturated rings. The summed E-state index contributed by atoms with van der Waals surface area (Å²) >= 11 is 7.23. The second-order valence-corrected chi connectivity index (χ2v) is 5.43. The summed E-state index contributed by atoms with van der Waals surface area (Å²) in [6.45, 7) is 0. The molecule has 1 heterocycles. The van der Waals surface area contributed by atoms with E-state index < -0.39 is 0 Å². The Morgan fingerprint density at radius 2 is 2.11 bits per heavy atom. The van der Waals surface area contributed by atoms with Crippen LogP contribution in [0.4, 0.5) is 5.69 Å². The number of hydrogen-bond donors (Lipinski definition) is 1. The lowest BCUT2D eigenvalue weighted by atomic mass is 10.2. The molecule has 0 spiro atoms. The van der Waals surface area contributed by atoms with Crippen LogP contribution in [-0.2, 0) is 11.2 Å². The van der Waals surface area contributed by atoms with Gasteiger partial charge < -0.3 is 10.1 Å². The number of ether oxygens (including phenoxy) is 1. The number of carbonyl (C=O) groups excluding carboxylic acids is 1. The minimum absolute atomic E-state index is 0.0852. The van der Waals surface area contributed by atoms with Crippen LogP contribution in [0.1, 0.15) is 4.88 Å². The number of rotatable bonds is 4. The molecule has 1 aromatic carbocycles. The standard InChI is InChI=1S/C13H12ClNO2S/c1-17-11-5-3-2-4-10(11)15-13(16)8-9-6-7-12(14)18-9/h2-7H,8H2,1H3,(H,15,16). The van der Waals surface area contributed by atoms with Crippen molar-refractivity contribution in [2.75, 3.05) is 12.4 Å². The number of methoxy groups -OCH3 is 1. The molecule has 0 unspecified atom stereocenters. The molecule has 0 saturated carbocycles. The van der Waals surface area contributed by atoms with Crippen molar-refractivity contribution in [3.63, 3.8) is 0 Å². The van der Waals surface area contributed by atoms with Crippen molar-refractivity contribution in [3.8, 4) is 5.75 Å². The van der Waals surface area contributed by atoms with Crippen LogP contribution in [0.25, 0.3) is 0 Å². The summed E-state index contributed by atoms with van der Waals surface area (Å²) in [4.78, 5) is 12.8. The van der Waals surface area contributed by atoms with Crippen molar-refractivity contribution in [2.24, 2.45) is 0 Å². The fraction of sp³-hybridized carbons (Fsp3) is 0.154. The summed E-state index contributed by atoms with van der Waals surface area (Å²) in [5, 5.41) is 2.82. The Morgan fingerprint density at radius 3 is 2.78 bits per heavy atom. The highest BCUT2D eigenvalue weighted by atomic mass is 35.5. The van der Waals surface area contributed by atoms with E-state index in [0.717, 1.165) is 4.88 Å². The molecule has 0 aliphatic carbocycles. The van der Waals surface area contributed by atoms with Gasteiger partial charge in [-0.1, -0.05) is 23.7 Å². The van der Waals surface area contributed by atoms with Gasteiger partial charge in [-0.15, -0.1) is 11.3 Å². The highest BCUT2D eigenvalue weighted by molar-refractivity contribution is 7.16. The zero-order valence-corrected chi connectivity index (χ0v) is 11.3. The molecule has 18 heavy (non-hydrogen) atoms. The zero-order chi connectivity index (χ0) is 13.0. The number of carbonyl (C=O) groups is 1. The lowest BCUT2D eigenvalue weighted by molar-refractivity contribution is -0.115. The molecule has 1 aromatic heterocycles. The van der Waals surface area contributed by atoms with E-state index in [9.17, 15) is 4.79 Å². The van der Waals surface area contributed by atoms with Gasteiger partial charge in [0.15, 0.2) is 0 Å². The van der Waals surface area contributed by atoms with Gasteiger partial charge in [0.1, 0.15) is 5.75 Å². The number of benzene rings is 1. The molecule has 2 aromatic rings. The van der Waals surface area contributed by atoms with E-state index in [1.807, 2.05) is 18.2 Å². The van der Waals surface area contributed by atoms with E-state index in [-0.39, 0.29) is 5.91 Å². The third-order valence-electron chi connectivity index (χ3n) is 2.34. The number of anilines is 1. The second kappa shape index (κ2) is 5.89. The molecule has 0 bridgehead atoms. The molecule has 0 saturated heterocycles. The molecular weight excluding hydrogens is 270 g/mol. The zero-order valence-electron chi connectivity index (χ0n) is 9.77. The first-order valence-electron chi connectivity index (χ1n) is 5.36. The molecule has 3 nitrogen and oxygen atoms in total. The molecule has 0 aliphatic rings. The maximum Gasteiger partial charge on any atom is 0.229 e. The normalized spacial score (nSPS) is 10.1. The molecule has 94 valence electrons. The van der Waals surface area contributed by atoms with Gasteiger partial charge in [-0.25, -0.2) is 0 Å². The SMILES string of the molecule is COc1ccccc1NC(=O)Cc1ccc(Cl)s1. The Bertz CT molecular complexity index is 553. The predicted octanol–water partition coefficient (Wildman–Crippen LogP) is 3.59. The van der Waals surface area contributed by atoms with Crippen molar-refractivity contribution in [2.45, 2.75) is 6.42 Å². The Balaban J connectivity index is 2.03. The average molecular weight is 282 g/mol. The quantitative estimate of drug-likeness (QED) is 0.930. The molecular formula is C13H12ClNO2S. The summed E-state index contributed by atoms with van der Waals surface area (Å²) < 4.78 is 5.86. The Morgan fingerprint density at radius 1 is 1.33 bits per heavy atom. The van der Waals surface area contributed by atoms with Crippen molar-refractivity contribution in [1.29, 1.82) is 0 Å². The van der Waals surface area contributed by atoms with E-state index in [1.165, 1.54) is 11.3 Å². The van der Waals surface area contributed by atoms with Gasteiger partial charge >= 0.3 is 0 Å². The number of amides is 1. The van der Waals surface area contributed by atoms with Crippen molar-refractivity contribution >= 4 is 34.5 Å².